The molecule has 116 valence electrons. The lowest BCUT2D eigenvalue weighted by molar-refractivity contribution is -0.142. The van der Waals surface area contributed by atoms with Crippen LogP contribution in [0.15, 0.2) is 22.7 Å². The highest BCUT2D eigenvalue weighted by molar-refractivity contribution is 9.10. The van der Waals surface area contributed by atoms with E-state index in [-0.39, 0.29) is 12.5 Å². The van der Waals surface area contributed by atoms with Crippen LogP contribution in [0.2, 0.25) is 0 Å². The number of carbonyl (C=O) groups excluding carboxylic acids is 1. The van der Waals surface area contributed by atoms with Gasteiger partial charge in [0, 0.05) is 22.8 Å². The highest BCUT2D eigenvalue weighted by Gasteiger charge is 2.21. The van der Waals surface area contributed by atoms with E-state index in [1.807, 2.05) is 0 Å². The summed E-state index contributed by atoms with van der Waals surface area (Å²) in [6.45, 7) is 3.68. The number of hydrogen-bond acceptors (Lipinski definition) is 3. The molecule has 0 aliphatic rings. The maximum atomic E-state index is 11.8. The number of urea groups is 1. The van der Waals surface area contributed by atoms with Crippen LogP contribution in [0.5, 0.6) is 5.75 Å². The van der Waals surface area contributed by atoms with Gasteiger partial charge in [0.2, 0.25) is 0 Å². The summed E-state index contributed by atoms with van der Waals surface area (Å²) in [7, 11) is 1.53. The van der Waals surface area contributed by atoms with Gasteiger partial charge in [-0.25, -0.2) is 4.79 Å². The molecule has 21 heavy (non-hydrogen) atoms. The smallest absolute Gasteiger partial charge is 0.319 e. The highest BCUT2D eigenvalue weighted by atomic mass is 79.9. The molecule has 1 aromatic rings. The van der Waals surface area contributed by atoms with Crippen LogP contribution in [-0.2, 0) is 4.79 Å². The fourth-order valence-electron chi connectivity index (χ4n) is 1.74. The molecule has 1 rings (SSSR count). The first-order valence-corrected chi connectivity index (χ1v) is 7.25. The summed E-state index contributed by atoms with van der Waals surface area (Å²) in [5.41, 5.74) is 0.551. The van der Waals surface area contributed by atoms with Crippen molar-refractivity contribution in [3.63, 3.8) is 0 Å². The van der Waals surface area contributed by atoms with E-state index < -0.39 is 17.9 Å². The molecule has 1 aromatic carbocycles. The Kier molecular flexibility index (Phi) is 6.48. The van der Waals surface area contributed by atoms with Gasteiger partial charge in [-0.2, -0.15) is 0 Å². The molecule has 0 saturated heterocycles. The number of carbonyl (C=O) groups is 2. The molecule has 2 amide bonds. The Bertz CT molecular complexity index is 520. The average Bonchev–Trinajstić information content (AvgIpc) is 2.37. The molecule has 0 bridgehead atoms. The third-order valence-corrected chi connectivity index (χ3v) is 3.43. The van der Waals surface area contributed by atoms with Gasteiger partial charge >= 0.3 is 12.0 Å². The van der Waals surface area contributed by atoms with Crippen molar-refractivity contribution in [1.29, 1.82) is 0 Å². The number of halogens is 1. The van der Waals surface area contributed by atoms with E-state index in [2.05, 4.69) is 26.6 Å². The lowest BCUT2D eigenvalue weighted by Gasteiger charge is -2.17. The number of amides is 2. The monoisotopic (exact) mass is 358 g/mol. The third kappa shape index (κ3) is 5.63. The number of methoxy groups -OCH3 is 1. The van der Waals surface area contributed by atoms with E-state index in [1.165, 1.54) is 7.11 Å². The number of carboxylic acid groups (broad SMARTS) is 1. The molecule has 6 nitrogen and oxygen atoms in total. The van der Waals surface area contributed by atoms with Crippen molar-refractivity contribution >= 4 is 33.6 Å². The number of benzene rings is 1. The maximum Gasteiger partial charge on any atom is 0.319 e. The molecular formula is C14H19BrN2O4. The Morgan fingerprint density at radius 1 is 1.33 bits per heavy atom. The number of anilines is 1. The number of rotatable bonds is 6. The number of carboxylic acids is 1. The SMILES string of the molecule is COc1cc(Br)cc(NC(=O)NCC(C(=O)O)C(C)C)c1. The van der Waals surface area contributed by atoms with Crippen LogP contribution < -0.4 is 15.4 Å². The minimum absolute atomic E-state index is 0.0613. The molecule has 1 atom stereocenters. The lowest BCUT2D eigenvalue weighted by atomic mass is 9.96. The van der Waals surface area contributed by atoms with Gasteiger partial charge in [-0.3, -0.25) is 4.79 Å². The van der Waals surface area contributed by atoms with Gasteiger partial charge < -0.3 is 20.5 Å². The van der Waals surface area contributed by atoms with Crippen molar-refractivity contribution in [2.45, 2.75) is 13.8 Å². The summed E-state index contributed by atoms with van der Waals surface area (Å²) in [5.74, 6) is -0.999. The lowest BCUT2D eigenvalue weighted by Crippen LogP contribution is -2.37. The van der Waals surface area contributed by atoms with Gasteiger partial charge in [-0.1, -0.05) is 29.8 Å². The minimum Gasteiger partial charge on any atom is -0.497 e. The second-order valence-electron chi connectivity index (χ2n) is 4.90. The Hall–Kier alpha value is -1.76. The van der Waals surface area contributed by atoms with Gasteiger partial charge in [0.15, 0.2) is 0 Å². The Morgan fingerprint density at radius 2 is 2.00 bits per heavy atom. The molecule has 0 aliphatic carbocycles. The first-order valence-electron chi connectivity index (χ1n) is 6.45. The second-order valence-corrected chi connectivity index (χ2v) is 5.82. The predicted molar refractivity (Wildman–Crippen MR) is 83.7 cm³/mol. The van der Waals surface area contributed by atoms with Crippen molar-refractivity contribution in [3.05, 3.63) is 22.7 Å². The molecule has 1 unspecified atom stereocenters. The summed E-state index contributed by atoms with van der Waals surface area (Å²) < 4.78 is 5.87. The fraction of sp³-hybridized carbons (Fsp3) is 0.429. The number of aliphatic carboxylic acids is 1. The largest absolute Gasteiger partial charge is 0.497 e. The van der Waals surface area contributed by atoms with Gasteiger partial charge in [0.25, 0.3) is 0 Å². The zero-order valence-corrected chi connectivity index (χ0v) is 13.7. The van der Waals surface area contributed by atoms with Crippen LogP contribution >= 0.6 is 15.9 Å². The van der Waals surface area contributed by atoms with Crippen LogP contribution in [0.25, 0.3) is 0 Å². The molecule has 0 saturated carbocycles. The van der Waals surface area contributed by atoms with Crippen LogP contribution in [0, 0.1) is 11.8 Å². The first-order chi connectivity index (χ1) is 9.83. The zero-order valence-electron chi connectivity index (χ0n) is 12.1. The molecule has 0 fully saturated rings. The Balaban J connectivity index is 2.61. The van der Waals surface area contributed by atoms with Crippen molar-refractivity contribution in [1.82, 2.24) is 5.32 Å². The number of ether oxygens (including phenoxy) is 1. The Morgan fingerprint density at radius 3 is 2.52 bits per heavy atom. The summed E-state index contributed by atoms with van der Waals surface area (Å²) in [6, 6.07) is 4.70. The molecular weight excluding hydrogens is 340 g/mol. The summed E-state index contributed by atoms with van der Waals surface area (Å²) >= 11 is 3.31. The molecule has 0 radical (unpaired) electrons. The van der Waals surface area contributed by atoms with E-state index in [9.17, 15) is 9.59 Å². The second kappa shape index (κ2) is 7.87. The number of hydrogen-bond donors (Lipinski definition) is 3. The zero-order chi connectivity index (χ0) is 16.0. The van der Waals surface area contributed by atoms with E-state index in [0.717, 1.165) is 4.47 Å². The van der Waals surface area contributed by atoms with Crippen molar-refractivity contribution in [2.24, 2.45) is 11.8 Å². The highest BCUT2D eigenvalue weighted by Crippen LogP contribution is 2.24. The number of nitrogens with one attached hydrogen (secondary N) is 2. The van der Waals surface area contributed by atoms with Gasteiger partial charge in [-0.05, 0) is 18.1 Å². The van der Waals surface area contributed by atoms with Crippen molar-refractivity contribution in [2.75, 3.05) is 19.0 Å². The molecule has 0 aromatic heterocycles. The van der Waals surface area contributed by atoms with Crippen LogP contribution in [0.1, 0.15) is 13.8 Å². The van der Waals surface area contributed by atoms with E-state index >= 15 is 0 Å². The third-order valence-electron chi connectivity index (χ3n) is 2.97. The van der Waals surface area contributed by atoms with Crippen molar-refractivity contribution < 1.29 is 19.4 Å². The van der Waals surface area contributed by atoms with E-state index in [0.29, 0.717) is 11.4 Å². The first kappa shape index (κ1) is 17.3. The quantitative estimate of drug-likeness (QED) is 0.729. The summed E-state index contributed by atoms with van der Waals surface area (Å²) in [4.78, 5) is 22.8. The van der Waals surface area contributed by atoms with Crippen LogP contribution in [0.4, 0.5) is 10.5 Å². The minimum atomic E-state index is -0.922. The molecule has 0 heterocycles. The van der Waals surface area contributed by atoms with Gasteiger partial charge in [0.05, 0.1) is 13.0 Å². The van der Waals surface area contributed by atoms with E-state index in [4.69, 9.17) is 9.84 Å². The normalized spacial score (nSPS) is 11.9. The van der Waals surface area contributed by atoms with Gasteiger partial charge in [-0.15, -0.1) is 0 Å². The van der Waals surface area contributed by atoms with Crippen LogP contribution in [-0.4, -0.2) is 30.8 Å². The topological polar surface area (TPSA) is 87.7 Å². The average molecular weight is 359 g/mol. The van der Waals surface area contributed by atoms with Crippen molar-refractivity contribution in [3.8, 4) is 5.75 Å². The van der Waals surface area contributed by atoms with Crippen LogP contribution in [0.3, 0.4) is 0 Å². The standard InChI is InChI=1S/C14H19BrN2O4/c1-8(2)12(13(18)19)7-16-14(20)17-10-4-9(15)5-11(6-10)21-3/h4-6,8,12H,7H2,1-3H3,(H,18,19)(H2,16,17,20). The van der Waals surface area contributed by atoms with E-state index in [1.54, 1.807) is 32.0 Å². The molecule has 7 heteroatoms. The van der Waals surface area contributed by atoms with Gasteiger partial charge in [0.1, 0.15) is 5.75 Å². The molecule has 0 aliphatic heterocycles. The predicted octanol–water partition coefficient (Wildman–Crippen LogP) is 2.94. The maximum absolute atomic E-state index is 11.8. The Labute approximate surface area is 132 Å². The summed E-state index contributed by atoms with van der Waals surface area (Å²) in [5, 5.41) is 14.3. The molecule has 3 N–H and O–H groups in total. The summed E-state index contributed by atoms with van der Waals surface area (Å²) in [6.07, 6.45) is 0. The fourth-order valence-corrected chi connectivity index (χ4v) is 2.21. The molecule has 0 spiro atoms.